The van der Waals surface area contributed by atoms with Crippen LogP contribution < -0.4 is 5.73 Å². The highest BCUT2D eigenvalue weighted by molar-refractivity contribution is 5.33. The predicted octanol–water partition coefficient (Wildman–Crippen LogP) is 3.45. The fourth-order valence-electron chi connectivity index (χ4n) is 1.83. The Morgan fingerprint density at radius 1 is 1.06 bits per heavy atom. The molecule has 0 heterocycles. The van der Waals surface area contributed by atoms with Crippen molar-refractivity contribution in [1.82, 2.24) is 0 Å². The smallest absolute Gasteiger partial charge is 0.123 e. The van der Waals surface area contributed by atoms with Gasteiger partial charge in [0.1, 0.15) is 11.6 Å². The number of benzene rings is 2. The van der Waals surface area contributed by atoms with Gasteiger partial charge < -0.3 is 5.73 Å². The molecule has 0 aliphatic heterocycles. The lowest BCUT2D eigenvalue weighted by atomic mass is 9.88. The zero-order valence-corrected chi connectivity index (χ0v) is 9.74. The summed E-state index contributed by atoms with van der Waals surface area (Å²) < 4.78 is 43.5. The van der Waals surface area contributed by atoms with Crippen LogP contribution in [0.15, 0.2) is 48.5 Å². The molecule has 0 aliphatic rings. The van der Waals surface area contributed by atoms with E-state index in [1.807, 2.05) is 0 Å². The maximum atomic E-state index is 13.4. The summed E-state index contributed by atoms with van der Waals surface area (Å²) in [7, 11) is 0. The van der Waals surface area contributed by atoms with Crippen molar-refractivity contribution < 1.29 is 11.5 Å². The van der Waals surface area contributed by atoms with Crippen molar-refractivity contribution in [3.8, 4) is 0 Å². The monoisotopic (exact) mass is 251 g/mol. The average molecular weight is 251 g/mol. The molecule has 18 heavy (non-hydrogen) atoms. The van der Waals surface area contributed by atoms with Gasteiger partial charge in [0.15, 0.2) is 0 Å². The van der Waals surface area contributed by atoms with Gasteiger partial charge in [-0.2, -0.15) is 0 Å². The maximum Gasteiger partial charge on any atom is 0.123 e. The van der Waals surface area contributed by atoms with E-state index in [0.717, 1.165) is 0 Å². The topological polar surface area (TPSA) is 26.0 Å². The molecule has 0 aliphatic carbocycles. The summed E-state index contributed by atoms with van der Waals surface area (Å²) in [5.74, 6) is -2.61. The highest BCUT2D eigenvalue weighted by atomic mass is 19.1. The molecule has 94 valence electrons. The van der Waals surface area contributed by atoms with Crippen LogP contribution in [0.1, 0.15) is 26.2 Å². The highest BCUT2D eigenvalue weighted by Crippen LogP contribution is 2.28. The molecule has 1 atom stereocenters. The van der Waals surface area contributed by atoms with E-state index in [9.17, 15) is 8.78 Å². The van der Waals surface area contributed by atoms with Crippen molar-refractivity contribution >= 4 is 0 Å². The molecule has 1 unspecified atom stereocenters. The van der Waals surface area contributed by atoms with Crippen LogP contribution >= 0.6 is 0 Å². The van der Waals surface area contributed by atoms with Crippen LogP contribution in [0.25, 0.3) is 0 Å². The Morgan fingerprint density at radius 3 is 1.94 bits per heavy atom. The van der Waals surface area contributed by atoms with Gasteiger partial charge in [-0.25, -0.2) is 8.78 Å². The molecule has 0 bridgehead atoms. The Bertz CT molecular complexity index is 558. The predicted molar refractivity (Wildman–Crippen MR) is 68.3 cm³/mol. The molecular weight excluding hydrogens is 232 g/mol. The van der Waals surface area contributed by atoms with Crippen molar-refractivity contribution in [3.05, 3.63) is 71.3 Å². The van der Waals surface area contributed by atoms with E-state index >= 15 is 0 Å². The van der Waals surface area contributed by atoms with Gasteiger partial charge in [-0.15, -0.1) is 0 Å². The molecule has 0 saturated carbocycles. The summed E-state index contributed by atoms with van der Waals surface area (Å²) in [4.78, 5) is 0. The van der Waals surface area contributed by atoms with E-state index in [4.69, 9.17) is 8.48 Å². The van der Waals surface area contributed by atoms with E-state index in [2.05, 4.69) is 0 Å². The molecule has 0 radical (unpaired) electrons. The summed E-state index contributed by atoms with van der Waals surface area (Å²) >= 11 is 0. The standard InChI is InChI=1S/C15H15F2N/c16-13-5-1-3-11(9-13)15(7-8-18)12-4-2-6-14(17)10-12/h1-6,9-10,15H,7-8,18H2/i7T,15T. The minimum absolute atomic E-state index is 0.0868. The Balaban J connectivity index is 2.62. The quantitative estimate of drug-likeness (QED) is 0.885. The average Bonchev–Trinajstić information content (AvgIpc) is 2.45. The zero-order chi connectivity index (χ0) is 14.8. The highest BCUT2D eigenvalue weighted by Gasteiger charge is 2.14. The lowest BCUT2D eigenvalue weighted by Gasteiger charge is -2.17. The molecule has 0 saturated heterocycles. The maximum absolute atomic E-state index is 13.4. The van der Waals surface area contributed by atoms with E-state index in [-0.39, 0.29) is 17.7 Å². The zero-order valence-electron chi connectivity index (χ0n) is 11.7. The van der Waals surface area contributed by atoms with Crippen molar-refractivity contribution in [3.63, 3.8) is 0 Å². The number of nitrogens with two attached hydrogens (primary N) is 1. The molecule has 0 fully saturated rings. The number of hydrogen-bond donors (Lipinski definition) is 1. The summed E-state index contributed by atoms with van der Waals surface area (Å²) in [5, 5.41) is 0. The van der Waals surface area contributed by atoms with Crippen LogP contribution in [0.4, 0.5) is 8.78 Å². The van der Waals surface area contributed by atoms with Gasteiger partial charge in [0.05, 0.1) is 0 Å². The fraction of sp³-hybridized carbons (Fsp3) is 0.200. The normalized spacial score (nSPS) is 14.8. The van der Waals surface area contributed by atoms with E-state index in [0.29, 0.717) is 0 Å². The Hall–Kier alpha value is -1.74. The fourth-order valence-corrected chi connectivity index (χ4v) is 1.83. The van der Waals surface area contributed by atoms with Gasteiger partial charge in [0.2, 0.25) is 0 Å². The van der Waals surface area contributed by atoms with Crippen LogP contribution in [0.3, 0.4) is 0 Å². The molecular formula is C15H15F2N. The summed E-state index contributed by atoms with van der Waals surface area (Å²) in [6, 6.07) is 10.9. The van der Waals surface area contributed by atoms with Gasteiger partial charge in [-0.05, 0) is 48.3 Å². The second kappa shape index (κ2) is 5.74. The van der Waals surface area contributed by atoms with Gasteiger partial charge in [0, 0.05) is 8.64 Å². The Morgan fingerprint density at radius 2 is 1.56 bits per heavy atom. The molecule has 2 N–H and O–H groups in total. The second-order valence-electron chi connectivity index (χ2n) is 3.87. The van der Waals surface area contributed by atoms with Crippen LogP contribution in [-0.4, -0.2) is 6.54 Å². The minimum Gasteiger partial charge on any atom is -0.330 e. The van der Waals surface area contributed by atoms with E-state index in [1.54, 1.807) is 12.1 Å². The molecule has 2 rings (SSSR count). The first-order valence-electron chi connectivity index (χ1n) is 6.70. The lowest BCUT2D eigenvalue weighted by molar-refractivity contribution is 0.614. The van der Waals surface area contributed by atoms with Crippen LogP contribution in [0.5, 0.6) is 0 Å². The Labute approximate surface area is 108 Å². The minimum atomic E-state index is -1.61. The molecule has 3 heteroatoms. The number of hydrogen-bond acceptors (Lipinski definition) is 1. The molecule has 0 spiro atoms. The number of rotatable bonds is 4. The largest absolute Gasteiger partial charge is 0.330 e. The first-order chi connectivity index (χ1) is 9.48. The lowest BCUT2D eigenvalue weighted by Crippen LogP contribution is -2.09. The first-order valence-corrected chi connectivity index (χ1v) is 5.63. The van der Waals surface area contributed by atoms with Crippen LogP contribution in [-0.2, 0) is 0 Å². The third-order valence-electron chi connectivity index (χ3n) is 2.59. The molecule has 1 nitrogen and oxygen atoms in total. The van der Waals surface area contributed by atoms with Crippen molar-refractivity contribution in [1.29, 1.82) is 0 Å². The SMILES string of the molecule is [3H]C(CN)C([3H])(c1cccc(F)c1)c1cccc(F)c1. The first kappa shape index (κ1) is 10.2. The van der Waals surface area contributed by atoms with E-state index < -0.39 is 23.9 Å². The van der Waals surface area contributed by atoms with Crippen molar-refractivity contribution in [2.24, 2.45) is 5.73 Å². The molecule has 2 aromatic carbocycles. The molecule has 0 aromatic heterocycles. The van der Waals surface area contributed by atoms with Gasteiger partial charge in [0.25, 0.3) is 0 Å². The summed E-state index contributed by atoms with van der Waals surface area (Å²) in [6.45, 7) is -0.0868. The third kappa shape index (κ3) is 2.93. The van der Waals surface area contributed by atoms with Gasteiger partial charge >= 0.3 is 0 Å². The van der Waals surface area contributed by atoms with Gasteiger partial charge in [-0.1, -0.05) is 24.3 Å². The Kier molecular flexibility index (Phi) is 3.25. The third-order valence-corrected chi connectivity index (χ3v) is 2.59. The number of halogens is 2. The van der Waals surface area contributed by atoms with Gasteiger partial charge in [-0.3, -0.25) is 0 Å². The second-order valence-corrected chi connectivity index (χ2v) is 3.87. The molecule has 2 aromatic rings. The summed E-state index contributed by atoms with van der Waals surface area (Å²) in [6.07, 6.45) is -1.04. The van der Waals surface area contributed by atoms with Crippen molar-refractivity contribution in [2.45, 2.75) is 12.3 Å². The van der Waals surface area contributed by atoms with Crippen LogP contribution in [0.2, 0.25) is 0 Å². The van der Waals surface area contributed by atoms with Crippen LogP contribution in [0, 0.1) is 11.6 Å². The summed E-state index contributed by atoms with van der Waals surface area (Å²) in [5.41, 5.74) is 6.09. The van der Waals surface area contributed by atoms with Crippen molar-refractivity contribution in [2.75, 3.05) is 6.54 Å². The molecule has 0 amide bonds. The van der Waals surface area contributed by atoms with E-state index in [1.165, 1.54) is 36.4 Å².